The second-order valence-corrected chi connectivity index (χ2v) is 2.76. The average Bonchev–Trinajstić information content (AvgIpc) is 2.20. The summed E-state index contributed by atoms with van der Waals surface area (Å²) in [5.74, 6) is -1.67. The van der Waals surface area contributed by atoms with Crippen LogP contribution in [0, 0.1) is 11.3 Å². The van der Waals surface area contributed by atoms with Gasteiger partial charge in [-0.05, 0) is 0 Å². The molecule has 14 heavy (non-hydrogen) atoms. The molecule has 0 fully saturated rings. The van der Waals surface area contributed by atoms with Crippen LogP contribution in [0.1, 0.15) is 25.8 Å². The second-order valence-electron chi connectivity index (χ2n) is 2.76. The van der Waals surface area contributed by atoms with Gasteiger partial charge in [-0.15, -0.1) is 0 Å². The van der Waals surface area contributed by atoms with Crippen molar-refractivity contribution in [1.82, 2.24) is 0 Å². The molecule has 0 bridgehead atoms. The van der Waals surface area contributed by atoms with E-state index in [1.807, 2.05) is 6.07 Å². The lowest BCUT2D eigenvalue weighted by molar-refractivity contribution is -0.171. The van der Waals surface area contributed by atoms with E-state index in [2.05, 4.69) is 0 Å². The van der Waals surface area contributed by atoms with E-state index in [1.54, 1.807) is 37.3 Å². The fourth-order valence-corrected chi connectivity index (χ4v) is 0.909. The summed E-state index contributed by atoms with van der Waals surface area (Å²) in [6, 6.07) is 10.6. The number of hydrogen-bond donors (Lipinski definition) is 2. The highest BCUT2D eigenvalue weighted by molar-refractivity contribution is 5.19. The Balaban J connectivity index is 0.000000500. The Kier molecular flexibility index (Phi) is 5.54. The molecule has 0 aliphatic heterocycles. The first kappa shape index (κ1) is 12.6. The summed E-state index contributed by atoms with van der Waals surface area (Å²) in [7, 11) is 0. The monoisotopic (exact) mass is 193 g/mol. The molecule has 0 heterocycles. The minimum atomic E-state index is -1.67. The lowest BCUT2D eigenvalue weighted by atomic mass is 10.0. The molecule has 0 saturated heterocycles. The molecule has 0 unspecified atom stereocenters. The number of benzene rings is 1. The SMILES string of the molecule is CC#N.CCC(O)(O)c1ccccc1. The molecule has 3 nitrogen and oxygen atoms in total. The van der Waals surface area contributed by atoms with Gasteiger partial charge in [0.25, 0.3) is 0 Å². The van der Waals surface area contributed by atoms with E-state index in [0.29, 0.717) is 12.0 Å². The van der Waals surface area contributed by atoms with Crippen LogP contribution >= 0.6 is 0 Å². The molecule has 1 aromatic rings. The van der Waals surface area contributed by atoms with Gasteiger partial charge >= 0.3 is 0 Å². The Hall–Kier alpha value is -1.37. The highest BCUT2D eigenvalue weighted by atomic mass is 16.5. The molecule has 0 aromatic heterocycles. The van der Waals surface area contributed by atoms with E-state index in [1.165, 1.54) is 6.92 Å². The molecule has 2 N–H and O–H groups in total. The maximum absolute atomic E-state index is 9.35. The minimum Gasteiger partial charge on any atom is -0.362 e. The number of nitriles is 1. The first-order valence-corrected chi connectivity index (χ1v) is 4.39. The Morgan fingerprint density at radius 2 is 1.71 bits per heavy atom. The average molecular weight is 193 g/mol. The van der Waals surface area contributed by atoms with Gasteiger partial charge in [0.15, 0.2) is 5.79 Å². The minimum absolute atomic E-state index is 0.303. The quantitative estimate of drug-likeness (QED) is 0.703. The van der Waals surface area contributed by atoms with Crippen molar-refractivity contribution in [3.63, 3.8) is 0 Å². The predicted octanol–water partition coefficient (Wildman–Crippen LogP) is 1.76. The van der Waals surface area contributed by atoms with Crippen molar-refractivity contribution in [2.45, 2.75) is 26.1 Å². The number of aliphatic hydroxyl groups is 2. The van der Waals surface area contributed by atoms with E-state index in [-0.39, 0.29) is 0 Å². The van der Waals surface area contributed by atoms with Crippen molar-refractivity contribution in [3.05, 3.63) is 35.9 Å². The standard InChI is InChI=1S/C9H12O2.C2H3N/c1-2-9(10,11)8-6-4-3-5-7-8;1-2-3/h3-7,10-11H,2H2,1H3;1H3. The van der Waals surface area contributed by atoms with E-state index in [0.717, 1.165) is 0 Å². The van der Waals surface area contributed by atoms with E-state index in [9.17, 15) is 10.2 Å². The summed E-state index contributed by atoms with van der Waals surface area (Å²) >= 11 is 0. The third kappa shape index (κ3) is 4.04. The summed E-state index contributed by atoms with van der Waals surface area (Å²) in [4.78, 5) is 0. The van der Waals surface area contributed by atoms with Crippen molar-refractivity contribution in [3.8, 4) is 6.07 Å². The van der Waals surface area contributed by atoms with Gasteiger partial charge in [-0.3, -0.25) is 0 Å². The maximum atomic E-state index is 9.35. The lowest BCUT2D eigenvalue weighted by Gasteiger charge is -2.19. The smallest absolute Gasteiger partial charge is 0.189 e. The normalized spacial score (nSPS) is 9.64. The van der Waals surface area contributed by atoms with Crippen LogP contribution in [-0.4, -0.2) is 10.2 Å². The maximum Gasteiger partial charge on any atom is 0.189 e. The Morgan fingerprint density at radius 3 is 2.07 bits per heavy atom. The van der Waals surface area contributed by atoms with Gasteiger partial charge in [0, 0.05) is 18.9 Å². The fourth-order valence-electron chi connectivity index (χ4n) is 0.909. The molecule has 3 heteroatoms. The number of hydrogen-bond acceptors (Lipinski definition) is 3. The van der Waals surface area contributed by atoms with Gasteiger partial charge in [-0.2, -0.15) is 5.26 Å². The van der Waals surface area contributed by atoms with Gasteiger partial charge in [0.2, 0.25) is 0 Å². The molecule has 0 atom stereocenters. The largest absolute Gasteiger partial charge is 0.362 e. The molecule has 0 spiro atoms. The first-order chi connectivity index (χ1) is 6.58. The summed E-state index contributed by atoms with van der Waals surface area (Å²) in [5.41, 5.74) is 0.544. The van der Waals surface area contributed by atoms with Gasteiger partial charge < -0.3 is 10.2 Å². The molecule has 0 radical (unpaired) electrons. The highest BCUT2D eigenvalue weighted by Crippen LogP contribution is 2.20. The Morgan fingerprint density at radius 1 is 1.29 bits per heavy atom. The molecule has 0 amide bonds. The van der Waals surface area contributed by atoms with Crippen LogP contribution in [0.25, 0.3) is 0 Å². The molecule has 76 valence electrons. The molecule has 0 aliphatic carbocycles. The third-order valence-electron chi connectivity index (χ3n) is 1.73. The van der Waals surface area contributed by atoms with Crippen molar-refractivity contribution < 1.29 is 10.2 Å². The molecule has 0 saturated carbocycles. The topological polar surface area (TPSA) is 64.2 Å². The van der Waals surface area contributed by atoms with Crippen LogP contribution in [0.4, 0.5) is 0 Å². The van der Waals surface area contributed by atoms with Gasteiger partial charge in [0.1, 0.15) is 0 Å². The summed E-state index contributed by atoms with van der Waals surface area (Å²) in [6.45, 7) is 3.16. The molecule has 0 aliphatic rings. The molecular weight excluding hydrogens is 178 g/mol. The summed E-state index contributed by atoms with van der Waals surface area (Å²) < 4.78 is 0. The number of nitrogens with zero attached hydrogens (tertiary/aromatic N) is 1. The van der Waals surface area contributed by atoms with E-state index in [4.69, 9.17) is 5.26 Å². The van der Waals surface area contributed by atoms with Crippen molar-refractivity contribution in [1.29, 1.82) is 5.26 Å². The molecule has 1 rings (SSSR count). The van der Waals surface area contributed by atoms with Crippen LogP contribution in [-0.2, 0) is 5.79 Å². The van der Waals surface area contributed by atoms with Gasteiger partial charge in [-0.25, -0.2) is 0 Å². The van der Waals surface area contributed by atoms with E-state index < -0.39 is 5.79 Å². The van der Waals surface area contributed by atoms with Gasteiger partial charge in [-0.1, -0.05) is 37.3 Å². The zero-order chi connectivity index (χ0) is 11.0. The van der Waals surface area contributed by atoms with Gasteiger partial charge in [0.05, 0.1) is 6.07 Å². The first-order valence-electron chi connectivity index (χ1n) is 4.39. The fraction of sp³-hybridized carbons (Fsp3) is 0.364. The van der Waals surface area contributed by atoms with Crippen molar-refractivity contribution >= 4 is 0 Å². The number of rotatable bonds is 2. The van der Waals surface area contributed by atoms with Crippen LogP contribution in [0.15, 0.2) is 30.3 Å². The van der Waals surface area contributed by atoms with Crippen molar-refractivity contribution in [2.75, 3.05) is 0 Å². The molecule has 1 aromatic carbocycles. The van der Waals surface area contributed by atoms with Crippen LogP contribution < -0.4 is 0 Å². The predicted molar refractivity (Wildman–Crippen MR) is 54.1 cm³/mol. The van der Waals surface area contributed by atoms with Crippen LogP contribution in [0.2, 0.25) is 0 Å². The second kappa shape index (κ2) is 6.14. The molecular formula is C11H15NO2. The Labute approximate surface area is 84.2 Å². The lowest BCUT2D eigenvalue weighted by Crippen LogP contribution is -2.23. The van der Waals surface area contributed by atoms with Crippen molar-refractivity contribution in [2.24, 2.45) is 0 Å². The summed E-state index contributed by atoms with van der Waals surface area (Å²) in [5, 5.41) is 26.0. The zero-order valence-electron chi connectivity index (χ0n) is 8.44. The van der Waals surface area contributed by atoms with Crippen LogP contribution in [0.5, 0.6) is 0 Å². The summed E-state index contributed by atoms with van der Waals surface area (Å²) in [6.07, 6.45) is 0.303. The Bertz CT molecular complexity index is 288. The van der Waals surface area contributed by atoms with E-state index >= 15 is 0 Å². The third-order valence-corrected chi connectivity index (χ3v) is 1.73. The highest BCUT2D eigenvalue weighted by Gasteiger charge is 2.21. The van der Waals surface area contributed by atoms with Crippen LogP contribution in [0.3, 0.4) is 0 Å². The zero-order valence-corrected chi connectivity index (χ0v) is 8.44.